The number of rotatable bonds is 4. The van der Waals surface area contributed by atoms with Gasteiger partial charge >= 0.3 is 6.03 Å². The molecule has 2 heterocycles. The van der Waals surface area contributed by atoms with Crippen LogP contribution in [0.1, 0.15) is 43.4 Å². The minimum Gasteiger partial charge on any atom is -0.340 e. The van der Waals surface area contributed by atoms with E-state index in [4.69, 9.17) is 4.52 Å². The molecule has 114 valence electrons. The van der Waals surface area contributed by atoms with E-state index in [-0.39, 0.29) is 24.0 Å². The molecule has 0 aliphatic heterocycles. The van der Waals surface area contributed by atoms with Crippen LogP contribution in [-0.2, 0) is 6.54 Å². The second-order valence-electron chi connectivity index (χ2n) is 5.87. The molecule has 2 N–H and O–H groups in total. The Morgan fingerprint density at radius 2 is 2.24 bits per heavy atom. The predicted octanol–water partition coefficient (Wildman–Crippen LogP) is 3.03. The molecular weight excluding hydrogens is 288 g/mol. The fourth-order valence-electron chi connectivity index (χ4n) is 1.92. The number of carbonyl (C=O) groups is 1. The first-order valence-electron chi connectivity index (χ1n) is 6.73. The number of hydrogen-bond donors (Lipinski definition) is 2. The number of urea groups is 1. The van der Waals surface area contributed by atoms with Crippen molar-refractivity contribution in [3.8, 4) is 0 Å². The molecule has 2 aromatic rings. The van der Waals surface area contributed by atoms with Gasteiger partial charge in [-0.15, -0.1) is 11.3 Å². The van der Waals surface area contributed by atoms with Crippen LogP contribution >= 0.6 is 11.3 Å². The Hall–Kier alpha value is -1.89. The number of amides is 2. The van der Waals surface area contributed by atoms with Gasteiger partial charge in [0.2, 0.25) is 5.89 Å². The molecule has 0 saturated heterocycles. The third kappa shape index (κ3) is 4.29. The van der Waals surface area contributed by atoms with Gasteiger partial charge < -0.3 is 15.2 Å². The molecule has 2 amide bonds. The average molecular weight is 308 g/mol. The summed E-state index contributed by atoms with van der Waals surface area (Å²) >= 11 is 1.64. The standard InChI is InChI=1S/C14H20N4O2S/c1-9-16-11(18-20-9)8-15-13(19)17-12(14(2,3)4)10-6-5-7-21-10/h5-7,12H,8H2,1-4H3,(H2,15,17,19)/t12-/m1/s1. The molecule has 0 bridgehead atoms. The first kappa shape index (κ1) is 15.5. The normalized spacial score (nSPS) is 13.0. The SMILES string of the molecule is Cc1nc(CNC(=O)N[C@H](c2cccs2)C(C)(C)C)no1. The molecule has 0 aromatic carbocycles. The van der Waals surface area contributed by atoms with Gasteiger partial charge in [0.1, 0.15) is 0 Å². The van der Waals surface area contributed by atoms with Gasteiger partial charge in [-0.25, -0.2) is 4.79 Å². The van der Waals surface area contributed by atoms with Gasteiger partial charge in [0.25, 0.3) is 0 Å². The van der Waals surface area contributed by atoms with Crippen LogP contribution in [0.25, 0.3) is 0 Å². The highest BCUT2D eigenvalue weighted by Crippen LogP contribution is 2.34. The van der Waals surface area contributed by atoms with Crippen molar-refractivity contribution in [3.05, 3.63) is 34.1 Å². The lowest BCUT2D eigenvalue weighted by atomic mass is 9.86. The maximum Gasteiger partial charge on any atom is 0.315 e. The van der Waals surface area contributed by atoms with E-state index in [1.165, 1.54) is 0 Å². The molecule has 2 aromatic heterocycles. The van der Waals surface area contributed by atoms with Gasteiger partial charge in [-0.3, -0.25) is 0 Å². The summed E-state index contributed by atoms with van der Waals surface area (Å²) in [7, 11) is 0. The molecule has 0 fully saturated rings. The minimum absolute atomic E-state index is 0.0514. The summed E-state index contributed by atoms with van der Waals surface area (Å²) in [6, 6.07) is 3.72. The summed E-state index contributed by atoms with van der Waals surface area (Å²) in [6.07, 6.45) is 0. The molecule has 1 atom stereocenters. The van der Waals surface area contributed by atoms with Crippen molar-refractivity contribution in [3.63, 3.8) is 0 Å². The highest BCUT2D eigenvalue weighted by Gasteiger charge is 2.28. The Morgan fingerprint density at radius 3 is 2.76 bits per heavy atom. The Kier molecular flexibility index (Phi) is 4.62. The van der Waals surface area contributed by atoms with E-state index in [9.17, 15) is 4.79 Å². The molecule has 7 heteroatoms. The Labute approximate surface area is 127 Å². The molecule has 2 rings (SSSR count). The Morgan fingerprint density at radius 1 is 1.48 bits per heavy atom. The first-order valence-corrected chi connectivity index (χ1v) is 7.61. The molecular formula is C14H20N4O2S. The average Bonchev–Trinajstić information content (AvgIpc) is 3.03. The smallest absolute Gasteiger partial charge is 0.315 e. The van der Waals surface area contributed by atoms with Crippen molar-refractivity contribution in [1.29, 1.82) is 0 Å². The minimum atomic E-state index is -0.245. The lowest BCUT2D eigenvalue weighted by molar-refractivity contribution is 0.219. The lowest BCUT2D eigenvalue weighted by Crippen LogP contribution is -2.42. The van der Waals surface area contributed by atoms with Crippen LogP contribution in [0, 0.1) is 12.3 Å². The highest BCUT2D eigenvalue weighted by atomic mass is 32.1. The van der Waals surface area contributed by atoms with Gasteiger partial charge in [0.15, 0.2) is 5.82 Å². The number of aromatic nitrogens is 2. The summed E-state index contributed by atoms with van der Waals surface area (Å²) in [4.78, 5) is 17.2. The summed E-state index contributed by atoms with van der Waals surface area (Å²) in [6.45, 7) is 8.24. The second kappa shape index (κ2) is 6.26. The van der Waals surface area contributed by atoms with Crippen molar-refractivity contribution >= 4 is 17.4 Å². The highest BCUT2D eigenvalue weighted by molar-refractivity contribution is 7.10. The van der Waals surface area contributed by atoms with Crippen molar-refractivity contribution in [1.82, 2.24) is 20.8 Å². The number of thiophene rings is 1. The maximum absolute atomic E-state index is 12.1. The first-order chi connectivity index (χ1) is 9.86. The fraction of sp³-hybridized carbons (Fsp3) is 0.500. The third-order valence-corrected chi connectivity index (χ3v) is 3.88. The monoisotopic (exact) mass is 308 g/mol. The van der Waals surface area contributed by atoms with Crippen LogP contribution in [0.3, 0.4) is 0 Å². The van der Waals surface area contributed by atoms with Crippen molar-refractivity contribution in [2.75, 3.05) is 0 Å². The molecule has 0 aliphatic rings. The van der Waals surface area contributed by atoms with E-state index in [1.54, 1.807) is 18.3 Å². The zero-order valence-corrected chi connectivity index (χ0v) is 13.5. The predicted molar refractivity (Wildman–Crippen MR) is 80.9 cm³/mol. The summed E-state index contributed by atoms with van der Waals surface area (Å²) in [5.74, 6) is 0.949. The van der Waals surface area contributed by atoms with E-state index in [0.717, 1.165) is 4.88 Å². The zero-order valence-electron chi connectivity index (χ0n) is 12.6. The van der Waals surface area contributed by atoms with Crippen LogP contribution < -0.4 is 10.6 Å². The Balaban J connectivity index is 1.95. The van der Waals surface area contributed by atoms with Crippen LogP contribution in [0.2, 0.25) is 0 Å². The molecule has 0 aliphatic carbocycles. The van der Waals surface area contributed by atoms with Gasteiger partial charge in [0.05, 0.1) is 12.6 Å². The van der Waals surface area contributed by atoms with E-state index in [0.29, 0.717) is 11.7 Å². The van der Waals surface area contributed by atoms with Crippen molar-refractivity contribution in [2.45, 2.75) is 40.3 Å². The van der Waals surface area contributed by atoms with Gasteiger partial charge in [-0.1, -0.05) is 32.0 Å². The summed E-state index contributed by atoms with van der Waals surface area (Å²) in [5.41, 5.74) is -0.0785. The molecule has 0 unspecified atom stereocenters. The number of nitrogens with one attached hydrogen (secondary N) is 2. The van der Waals surface area contributed by atoms with Crippen LogP contribution in [0.4, 0.5) is 4.79 Å². The topological polar surface area (TPSA) is 80.0 Å². The van der Waals surface area contributed by atoms with E-state index >= 15 is 0 Å². The van der Waals surface area contributed by atoms with Crippen LogP contribution in [0.15, 0.2) is 22.0 Å². The van der Waals surface area contributed by atoms with Crippen LogP contribution in [0.5, 0.6) is 0 Å². The lowest BCUT2D eigenvalue weighted by Gasteiger charge is -2.30. The van der Waals surface area contributed by atoms with Gasteiger partial charge in [-0.2, -0.15) is 4.98 Å². The van der Waals surface area contributed by atoms with Crippen LogP contribution in [-0.4, -0.2) is 16.2 Å². The number of carbonyl (C=O) groups excluding carboxylic acids is 1. The van der Waals surface area contributed by atoms with E-state index in [2.05, 4.69) is 41.5 Å². The second-order valence-corrected chi connectivity index (χ2v) is 6.85. The van der Waals surface area contributed by atoms with Gasteiger partial charge in [-0.05, 0) is 16.9 Å². The van der Waals surface area contributed by atoms with Crippen molar-refractivity contribution in [2.24, 2.45) is 5.41 Å². The number of nitrogens with zero attached hydrogens (tertiary/aromatic N) is 2. The molecule has 0 saturated carbocycles. The quantitative estimate of drug-likeness (QED) is 0.910. The van der Waals surface area contributed by atoms with Crippen molar-refractivity contribution < 1.29 is 9.32 Å². The third-order valence-electron chi connectivity index (χ3n) is 2.95. The van der Waals surface area contributed by atoms with E-state index in [1.807, 2.05) is 17.5 Å². The molecule has 6 nitrogen and oxygen atoms in total. The zero-order chi connectivity index (χ0) is 15.5. The largest absolute Gasteiger partial charge is 0.340 e. The summed E-state index contributed by atoms with van der Waals surface area (Å²) < 4.78 is 4.86. The Bertz CT molecular complexity index is 586. The van der Waals surface area contributed by atoms with Gasteiger partial charge in [0, 0.05) is 11.8 Å². The number of aryl methyl sites for hydroxylation is 1. The van der Waals surface area contributed by atoms with E-state index < -0.39 is 0 Å². The number of hydrogen-bond acceptors (Lipinski definition) is 5. The summed E-state index contributed by atoms with van der Waals surface area (Å²) in [5, 5.41) is 11.5. The molecule has 0 spiro atoms. The molecule has 21 heavy (non-hydrogen) atoms. The fourth-order valence-corrected chi connectivity index (χ4v) is 2.94. The molecule has 0 radical (unpaired) electrons. The maximum atomic E-state index is 12.1.